The van der Waals surface area contributed by atoms with E-state index in [2.05, 4.69) is 15.4 Å². The summed E-state index contributed by atoms with van der Waals surface area (Å²) in [7, 11) is 1.38. The van der Waals surface area contributed by atoms with Crippen molar-refractivity contribution in [2.75, 3.05) is 12.9 Å². The van der Waals surface area contributed by atoms with Crippen molar-refractivity contribution < 1.29 is 9.53 Å². The molecule has 1 fully saturated rings. The summed E-state index contributed by atoms with van der Waals surface area (Å²) in [5, 5.41) is 8.58. The second kappa shape index (κ2) is 6.68. The van der Waals surface area contributed by atoms with Crippen LogP contribution in [-0.4, -0.2) is 39.6 Å². The van der Waals surface area contributed by atoms with Crippen LogP contribution in [0.3, 0.4) is 0 Å². The van der Waals surface area contributed by atoms with Gasteiger partial charge in [0, 0.05) is 21.4 Å². The maximum atomic E-state index is 11.9. The number of nitrogens with zero attached hydrogens (tertiary/aromatic N) is 3. The molecule has 122 valence electrons. The number of esters is 1. The molecule has 9 heteroatoms. The molecular weight excluding hydrogens is 359 g/mol. The summed E-state index contributed by atoms with van der Waals surface area (Å²) in [4.78, 5) is 15.2. The van der Waals surface area contributed by atoms with E-state index in [1.165, 1.54) is 13.4 Å². The minimum Gasteiger partial charge on any atom is -0.468 e. The van der Waals surface area contributed by atoms with Gasteiger partial charge in [0.15, 0.2) is 0 Å². The topological polar surface area (TPSA) is 69.0 Å². The van der Waals surface area contributed by atoms with E-state index in [0.717, 1.165) is 5.56 Å². The summed E-state index contributed by atoms with van der Waals surface area (Å²) >= 11 is 14.0. The van der Waals surface area contributed by atoms with Crippen LogP contribution in [0.1, 0.15) is 5.56 Å². The van der Waals surface area contributed by atoms with Gasteiger partial charge in [-0.05, 0) is 12.1 Å². The van der Waals surface area contributed by atoms with Gasteiger partial charge in [-0.3, -0.25) is 10.1 Å². The average Bonchev–Trinajstić information content (AvgIpc) is 3.17. The average molecular weight is 373 g/mol. The third-order valence-corrected chi connectivity index (χ3v) is 5.61. The molecule has 2 aromatic rings. The number of aromatic nitrogens is 3. The van der Waals surface area contributed by atoms with Crippen molar-refractivity contribution in [2.45, 2.75) is 17.5 Å². The molecule has 1 aromatic heterocycles. The fraction of sp³-hybridized carbons (Fsp3) is 0.357. The maximum absolute atomic E-state index is 11.9. The monoisotopic (exact) mass is 372 g/mol. The van der Waals surface area contributed by atoms with Crippen molar-refractivity contribution >= 4 is 40.9 Å². The lowest BCUT2D eigenvalue weighted by molar-refractivity contribution is -0.142. The molecule has 1 aliphatic rings. The summed E-state index contributed by atoms with van der Waals surface area (Å²) in [5.41, 5.74) is 0.843. The fourth-order valence-corrected chi connectivity index (χ4v) is 4.63. The first-order valence-electron chi connectivity index (χ1n) is 6.81. The van der Waals surface area contributed by atoms with E-state index in [0.29, 0.717) is 22.3 Å². The standard InChI is InChI=1S/C14H14Cl2N4O2S/c1-22-13(21)12-5-23-14(19-12,6-20-8-17-7-18-20)10-3-2-9(15)4-11(10)16/h2-4,7-8,12,19H,5-6H2,1H3. The lowest BCUT2D eigenvalue weighted by Crippen LogP contribution is -2.46. The number of rotatable bonds is 4. The molecule has 23 heavy (non-hydrogen) atoms. The van der Waals surface area contributed by atoms with Crippen molar-refractivity contribution in [1.29, 1.82) is 0 Å². The number of ether oxygens (including phenoxy) is 1. The van der Waals surface area contributed by atoms with Gasteiger partial charge in [-0.1, -0.05) is 29.3 Å². The Morgan fingerprint density at radius 1 is 1.57 bits per heavy atom. The molecule has 1 aliphatic heterocycles. The lowest BCUT2D eigenvalue weighted by Gasteiger charge is -2.30. The zero-order valence-corrected chi connectivity index (χ0v) is 14.5. The summed E-state index contributed by atoms with van der Waals surface area (Å²) in [6.07, 6.45) is 3.09. The number of benzene rings is 1. The van der Waals surface area contributed by atoms with Crippen LogP contribution in [0.25, 0.3) is 0 Å². The zero-order valence-electron chi connectivity index (χ0n) is 12.2. The first kappa shape index (κ1) is 16.6. The molecule has 0 aliphatic carbocycles. The Labute approximate surface area is 147 Å². The number of carbonyl (C=O) groups is 1. The van der Waals surface area contributed by atoms with Crippen molar-refractivity contribution in [3.8, 4) is 0 Å². The Morgan fingerprint density at radius 2 is 2.39 bits per heavy atom. The minimum absolute atomic E-state index is 0.303. The second-order valence-corrected chi connectivity index (χ2v) is 7.24. The highest BCUT2D eigenvalue weighted by atomic mass is 35.5. The van der Waals surface area contributed by atoms with Gasteiger partial charge >= 0.3 is 5.97 Å². The van der Waals surface area contributed by atoms with Crippen molar-refractivity contribution in [2.24, 2.45) is 0 Å². The third-order valence-electron chi connectivity index (χ3n) is 3.61. The molecule has 1 aromatic carbocycles. The van der Waals surface area contributed by atoms with Crippen LogP contribution < -0.4 is 5.32 Å². The molecular formula is C14H14Cl2N4O2S. The lowest BCUT2D eigenvalue weighted by atomic mass is 10.0. The molecule has 1 N–H and O–H groups in total. The van der Waals surface area contributed by atoms with Gasteiger partial charge in [-0.25, -0.2) is 9.67 Å². The Kier molecular flexibility index (Phi) is 4.82. The number of nitrogens with one attached hydrogen (secondary N) is 1. The van der Waals surface area contributed by atoms with Gasteiger partial charge in [0.05, 0.1) is 13.7 Å². The largest absolute Gasteiger partial charge is 0.468 e. The Hall–Kier alpha value is -1.28. The van der Waals surface area contributed by atoms with E-state index in [9.17, 15) is 4.79 Å². The summed E-state index contributed by atoms with van der Waals surface area (Å²) in [6.45, 7) is 0.465. The molecule has 2 atom stereocenters. The van der Waals surface area contributed by atoms with Gasteiger partial charge in [-0.15, -0.1) is 11.8 Å². The van der Waals surface area contributed by atoms with Gasteiger partial charge in [0.1, 0.15) is 23.6 Å². The molecule has 6 nitrogen and oxygen atoms in total. The van der Waals surface area contributed by atoms with E-state index in [1.54, 1.807) is 34.9 Å². The van der Waals surface area contributed by atoms with E-state index in [1.807, 2.05) is 6.07 Å². The van der Waals surface area contributed by atoms with E-state index in [-0.39, 0.29) is 5.97 Å². The molecule has 1 saturated heterocycles. The van der Waals surface area contributed by atoms with Crippen molar-refractivity contribution in [3.63, 3.8) is 0 Å². The van der Waals surface area contributed by atoms with Crippen molar-refractivity contribution in [3.05, 3.63) is 46.5 Å². The molecule has 0 spiro atoms. The van der Waals surface area contributed by atoms with Gasteiger partial charge in [0.2, 0.25) is 0 Å². The molecule has 2 unspecified atom stereocenters. The van der Waals surface area contributed by atoms with E-state index >= 15 is 0 Å². The highest BCUT2D eigenvalue weighted by molar-refractivity contribution is 8.00. The van der Waals surface area contributed by atoms with Crippen LogP contribution in [-0.2, 0) is 20.9 Å². The number of methoxy groups -OCH3 is 1. The third kappa shape index (κ3) is 3.33. The van der Waals surface area contributed by atoms with E-state index in [4.69, 9.17) is 27.9 Å². The number of halogens is 2. The maximum Gasteiger partial charge on any atom is 0.323 e. The normalized spacial score (nSPS) is 23.9. The van der Waals surface area contributed by atoms with Crippen LogP contribution >= 0.6 is 35.0 Å². The summed E-state index contributed by atoms with van der Waals surface area (Å²) < 4.78 is 6.54. The van der Waals surface area contributed by atoms with Gasteiger partial charge in [0.25, 0.3) is 0 Å². The molecule has 0 saturated carbocycles. The first-order chi connectivity index (χ1) is 11.0. The quantitative estimate of drug-likeness (QED) is 0.830. The highest BCUT2D eigenvalue weighted by Crippen LogP contribution is 2.44. The molecule has 0 bridgehead atoms. The van der Waals surface area contributed by atoms with Crippen LogP contribution in [0.2, 0.25) is 10.0 Å². The smallest absolute Gasteiger partial charge is 0.323 e. The first-order valence-corrected chi connectivity index (χ1v) is 8.55. The number of hydrogen-bond acceptors (Lipinski definition) is 6. The van der Waals surface area contributed by atoms with Gasteiger partial charge < -0.3 is 4.74 Å². The zero-order chi connectivity index (χ0) is 16.4. The number of hydrogen-bond donors (Lipinski definition) is 1. The molecule has 2 heterocycles. The Morgan fingerprint density at radius 3 is 3.04 bits per heavy atom. The molecule has 0 amide bonds. The van der Waals surface area contributed by atoms with E-state index < -0.39 is 10.9 Å². The van der Waals surface area contributed by atoms with Crippen LogP contribution in [0, 0.1) is 0 Å². The van der Waals surface area contributed by atoms with Crippen LogP contribution in [0.15, 0.2) is 30.9 Å². The summed E-state index contributed by atoms with van der Waals surface area (Å²) in [6, 6.07) is 4.91. The van der Waals surface area contributed by atoms with Gasteiger partial charge in [-0.2, -0.15) is 5.10 Å². The Bertz CT molecular complexity index is 713. The fourth-order valence-electron chi connectivity index (χ4n) is 2.55. The minimum atomic E-state index is -0.617. The van der Waals surface area contributed by atoms with Crippen molar-refractivity contribution in [1.82, 2.24) is 20.1 Å². The predicted molar refractivity (Wildman–Crippen MR) is 89.6 cm³/mol. The Balaban J connectivity index is 1.99. The second-order valence-electron chi connectivity index (χ2n) is 5.08. The SMILES string of the molecule is COC(=O)C1CSC(Cn2cncn2)(c2ccc(Cl)cc2Cl)N1. The molecule has 0 radical (unpaired) electrons. The molecule has 3 rings (SSSR count). The predicted octanol–water partition coefficient (Wildman–Crippen LogP) is 2.32. The summed E-state index contributed by atoms with van der Waals surface area (Å²) in [5.74, 6) is 0.267. The van der Waals surface area contributed by atoms with Crippen LogP contribution in [0.4, 0.5) is 0 Å². The number of thioether (sulfide) groups is 1. The highest BCUT2D eigenvalue weighted by Gasteiger charge is 2.45. The number of carbonyl (C=O) groups excluding carboxylic acids is 1. The van der Waals surface area contributed by atoms with Crippen LogP contribution in [0.5, 0.6) is 0 Å².